The molecule has 0 aromatic carbocycles. The molecule has 0 atom stereocenters. The summed E-state index contributed by atoms with van der Waals surface area (Å²) in [7, 11) is 0. The number of ether oxygens (including phenoxy) is 1. The minimum absolute atomic E-state index is 0.231. The van der Waals surface area contributed by atoms with Gasteiger partial charge in [-0.25, -0.2) is 4.79 Å². The van der Waals surface area contributed by atoms with Crippen LogP contribution in [0.1, 0.15) is 32.0 Å². The van der Waals surface area contributed by atoms with Gasteiger partial charge >= 0.3 is 22.6 Å². The summed E-state index contributed by atoms with van der Waals surface area (Å²) < 4.78 is 8.46. The Bertz CT molecular complexity index is 481. The lowest BCUT2D eigenvalue weighted by atomic mass is 10.1. The minimum atomic E-state index is -0.438. The van der Waals surface area contributed by atoms with Crippen molar-refractivity contribution in [1.29, 1.82) is 0 Å². The van der Waals surface area contributed by atoms with Crippen LogP contribution in [0, 0.1) is 3.70 Å². The van der Waals surface area contributed by atoms with Gasteiger partial charge in [-0.2, -0.15) is 5.10 Å². The highest BCUT2D eigenvalue weighted by Crippen LogP contribution is 2.24. The Morgan fingerprint density at radius 1 is 1.50 bits per heavy atom. The van der Waals surface area contributed by atoms with E-state index in [9.17, 15) is 4.79 Å². The van der Waals surface area contributed by atoms with E-state index in [1.165, 1.54) is 11.3 Å². The van der Waals surface area contributed by atoms with Gasteiger partial charge in [-0.05, 0) is 43.4 Å². The molecule has 1 aromatic rings. The van der Waals surface area contributed by atoms with Crippen LogP contribution >= 0.6 is 22.6 Å². The molecule has 2 heterocycles. The normalized spacial score (nSPS) is 15.4. The van der Waals surface area contributed by atoms with Gasteiger partial charge in [-0.15, -0.1) is 0 Å². The van der Waals surface area contributed by atoms with Crippen LogP contribution in [0.4, 0.5) is 4.79 Å². The lowest BCUT2D eigenvalue weighted by Gasteiger charge is -2.30. The maximum Gasteiger partial charge on any atom is 0.410 e. The standard InChI is InChI=1S/C11H15IN3O2.Al.2H/c1-11(2,3)17-10(16)15-5-4-8-7(6-15)9(12)14-13-8;;;/h4-6H2,1-3H3;;;/q-1;+1;;. The van der Waals surface area contributed by atoms with Gasteiger partial charge in [0.1, 0.15) is 9.30 Å². The Balaban J connectivity index is 2.12. The molecule has 0 saturated heterocycles. The second-order valence-electron chi connectivity index (χ2n) is 5.49. The van der Waals surface area contributed by atoms with Gasteiger partial charge in [0.05, 0.1) is 6.54 Å². The fraction of sp³-hybridized carbons (Fsp3) is 0.636. The quantitative estimate of drug-likeness (QED) is 0.504. The number of amides is 1. The predicted molar refractivity (Wildman–Crippen MR) is 79.2 cm³/mol. The van der Waals surface area contributed by atoms with Gasteiger partial charge < -0.3 is 13.3 Å². The number of rotatable bonds is 0. The fourth-order valence-corrected chi connectivity index (χ4v) is 3.94. The van der Waals surface area contributed by atoms with Gasteiger partial charge in [-0.1, -0.05) is 0 Å². The van der Waals surface area contributed by atoms with Crippen molar-refractivity contribution >= 4 is 45.2 Å². The number of carbonyl (C=O) groups excluding carboxylic acids is 1. The van der Waals surface area contributed by atoms with Crippen LogP contribution in [0.3, 0.4) is 0 Å². The van der Waals surface area contributed by atoms with Crippen LogP contribution in [0.5, 0.6) is 0 Å². The molecule has 98 valence electrons. The lowest BCUT2D eigenvalue weighted by Crippen LogP contribution is -2.40. The summed E-state index contributed by atoms with van der Waals surface area (Å²) in [6.07, 6.45) is 0.638. The maximum atomic E-state index is 12.0. The summed E-state index contributed by atoms with van der Waals surface area (Å²) in [5, 5.41) is 4.45. The zero-order chi connectivity index (χ0) is 13.5. The zero-order valence-corrected chi connectivity index (χ0v) is 15.3. The van der Waals surface area contributed by atoms with Crippen molar-refractivity contribution in [3.63, 3.8) is 0 Å². The van der Waals surface area contributed by atoms with E-state index in [-0.39, 0.29) is 6.09 Å². The first-order valence-electron chi connectivity index (χ1n) is 5.96. The van der Waals surface area contributed by atoms with Crippen LogP contribution in [-0.4, -0.2) is 48.4 Å². The Kier molecular flexibility index (Phi) is 3.95. The summed E-state index contributed by atoms with van der Waals surface area (Å²) in [4.78, 5) is 13.8. The van der Waals surface area contributed by atoms with Gasteiger partial charge in [0.25, 0.3) is 0 Å². The molecular formula is C11H17AlIN3O2. The summed E-state index contributed by atoms with van der Waals surface area (Å²) in [6, 6.07) is 0. The van der Waals surface area contributed by atoms with Crippen molar-refractivity contribution < 1.29 is 9.53 Å². The Morgan fingerprint density at radius 2 is 2.17 bits per heavy atom. The molecule has 0 aliphatic carbocycles. The molecule has 1 amide bonds. The third-order valence-electron chi connectivity index (χ3n) is 2.84. The molecule has 0 N–H and O–H groups in total. The van der Waals surface area contributed by atoms with E-state index < -0.39 is 5.60 Å². The van der Waals surface area contributed by atoms with Crippen molar-refractivity contribution in [3.8, 4) is 0 Å². The molecule has 5 nitrogen and oxygen atoms in total. The lowest BCUT2D eigenvalue weighted by molar-refractivity contribution is 0.0223. The highest BCUT2D eigenvalue weighted by Gasteiger charge is 2.28. The number of nitrogens with zero attached hydrogens (tertiary/aromatic N) is 3. The molecule has 2 rings (SSSR count). The number of aromatic nitrogens is 2. The smallest absolute Gasteiger partial charge is 0.410 e. The van der Waals surface area contributed by atoms with Crippen molar-refractivity contribution in [2.45, 2.75) is 39.3 Å². The first kappa shape index (κ1) is 14.2. The largest absolute Gasteiger partial charge is 0.444 e. The average Bonchev–Trinajstić information content (AvgIpc) is 2.52. The second kappa shape index (κ2) is 5.02. The number of hydrogen-bond acceptors (Lipinski definition) is 3. The van der Waals surface area contributed by atoms with Crippen LogP contribution in [0.25, 0.3) is 0 Å². The van der Waals surface area contributed by atoms with Gasteiger partial charge in [0.2, 0.25) is 0 Å². The molecule has 0 unspecified atom stereocenters. The fourth-order valence-electron chi connectivity index (χ4n) is 2.03. The van der Waals surface area contributed by atoms with Crippen LogP contribution < -0.4 is 0 Å². The first-order valence-corrected chi connectivity index (χ1v) is 7.93. The third-order valence-corrected chi connectivity index (χ3v) is 4.45. The monoisotopic (exact) mass is 377 g/mol. The van der Waals surface area contributed by atoms with Crippen LogP contribution in [0.2, 0.25) is 0 Å². The van der Waals surface area contributed by atoms with E-state index in [2.05, 4.69) is 27.7 Å². The predicted octanol–water partition coefficient (Wildman–Crippen LogP) is 1.18. The summed E-state index contributed by atoms with van der Waals surface area (Å²) in [5.74, 6) is 0. The van der Waals surface area contributed by atoms with E-state index in [1.54, 1.807) is 4.90 Å². The van der Waals surface area contributed by atoms with E-state index >= 15 is 0 Å². The van der Waals surface area contributed by atoms with E-state index in [1.807, 2.05) is 24.4 Å². The summed E-state index contributed by atoms with van der Waals surface area (Å²) in [6.45, 7) is 7.00. The Labute approximate surface area is 129 Å². The van der Waals surface area contributed by atoms with Crippen LogP contribution in [-0.2, 0) is 17.7 Å². The molecule has 1 aromatic heterocycles. The molecule has 1 aliphatic rings. The SMILES string of the molecule is CC(C)(C)OC(=O)N1CCc2c(c(I)n[n]2[AlH2])C1. The van der Waals surface area contributed by atoms with Crippen molar-refractivity contribution in [3.05, 3.63) is 15.0 Å². The number of hydrogen-bond donors (Lipinski definition) is 0. The zero-order valence-electron chi connectivity index (χ0n) is 11.2. The topological polar surface area (TPSA) is 47.4 Å². The molecule has 0 spiro atoms. The molecule has 0 radical (unpaired) electrons. The molecule has 7 heteroatoms. The minimum Gasteiger partial charge on any atom is -0.444 e. The molecule has 0 bridgehead atoms. The average molecular weight is 377 g/mol. The molecule has 18 heavy (non-hydrogen) atoms. The first-order chi connectivity index (χ1) is 8.28. The van der Waals surface area contributed by atoms with Crippen molar-refractivity contribution in [2.75, 3.05) is 6.54 Å². The van der Waals surface area contributed by atoms with Gasteiger partial charge in [0, 0.05) is 24.2 Å². The Morgan fingerprint density at radius 3 is 2.78 bits per heavy atom. The van der Waals surface area contributed by atoms with E-state index in [4.69, 9.17) is 4.74 Å². The second-order valence-corrected chi connectivity index (χ2v) is 7.36. The van der Waals surface area contributed by atoms with Crippen molar-refractivity contribution in [2.24, 2.45) is 0 Å². The Hall–Kier alpha value is -0.258. The number of halogens is 1. The van der Waals surface area contributed by atoms with Gasteiger partial charge in [0.15, 0.2) is 0 Å². The molecule has 0 saturated carbocycles. The number of carbonyl (C=O) groups is 1. The third kappa shape index (κ3) is 3.01. The summed E-state index contributed by atoms with van der Waals surface area (Å²) in [5.41, 5.74) is 2.03. The van der Waals surface area contributed by atoms with Gasteiger partial charge in [-0.3, -0.25) is 0 Å². The highest BCUT2D eigenvalue weighted by atomic mass is 127. The number of fused-ring (bicyclic) bond motifs is 1. The molecular weight excluding hydrogens is 360 g/mol. The van der Waals surface area contributed by atoms with Crippen LogP contribution in [0.15, 0.2) is 0 Å². The molecule has 1 aliphatic heterocycles. The van der Waals surface area contributed by atoms with Crippen molar-refractivity contribution in [1.82, 2.24) is 13.7 Å². The van der Waals surface area contributed by atoms with E-state index in [0.29, 0.717) is 13.1 Å². The molecule has 0 fully saturated rings. The van der Waals surface area contributed by atoms with E-state index in [0.717, 1.165) is 26.6 Å². The summed E-state index contributed by atoms with van der Waals surface area (Å²) >= 11 is 3.13. The maximum absolute atomic E-state index is 12.0. The highest BCUT2D eigenvalue weighted by molar-refractivity contribution is 14.1.